The van der Waals surface area contributed by atoms with Gasteiger partial charge in [-0.25, -0.2) is 4.39 Å². The molecule has 14 heavy (non-hydrogen) atoms. The lowest BCUT2D eigenvalue weighted by atomic mass is 10.1. The lowest BCUT2D eigenvalue weighted by molar-refractivity contribution is -0.140. The van der Waals surface area contributed by atoms with Gasteiger partial charge in [0.05, 0.1) is 5.56 Å². The molecule has 0 nitrogen and oxygen atoms in total. The van der Waals surface area contributed by atoms with Crippen molar-refractivity contribution >= 4 is 12.6 Å². The first-order valence-electron chi connectivity index (χ1n) is 3.87. The number of rotatable bonds is 1. The number of benzene rings is 1. The van der Waals surface area contributed by atoms with Gasteiger partial charge in [-0.1, -0.05) is 6.07 Å². The van der Waals surface area contributed by atoms with Crippen molar-refractivity contribution in [3.05, 3.63) is 35.1 Å². The van der Waals surface area contributed by atoms with E-state index in [0.29, 0.717) is 5.56 Å². The molecule has 0 saturated carbocycles. The molecule has 0 aliphatic heterocycles. The summed E-state index contributed by atoms with van der Waals surface area (Å²) in [4.78, 5) is 0. The number of alkyl halides is 3. The molecule has 0 aromatic heterocycles. The minimum Gasteiger partial charge on any atom is -0.206 e. The number of hydrogen-bond donors (Lipinski definition) is 1. The molecule has 0 aliphatic rings. The third-order valence-electron chi connectivity index (χ3n) is 1.78. The van der Waals surface area contributed by atoms with E-state index < -0.39 is 17.6 Å². The highest BCUT2D eigenvalue weighted by Gasteiger charge is 2.34. The van der Waals surface area contributed by atoms with Crippen LogP contribution in [0.4, 0.5) is 17.6 Å². The largest absolute Gasteiger partial charge is 0.419 e. The summed E-state index contributed by atoms with van der Waals surface area (Å²) >= 11 is 3.97. The smallest absolute Gasteiger partial charge is 0.206 e. The zero-order valence-electron chi connectivity index (χ0n) is 7.27. The van der Waals surface area contributed by atoms with E-state index in [2.05, 4.69) is 12.6 Å². The van der Waals surface area contributed by atoms with Gasteiger partial charge >= 0.3 is 6.18 Å². The molecule has 1 aromatic rings. The summed E-state index contributed by atoms with van der Waals surface area (Å²) < 4.78 is 49.5. The summed E-state index contributed by atoms with van der Waals surface area (Å²) in [6, 6.07) is 2.89. The second kappa shape index (κ2) is 3.81. The van der Waals surface area contributed by atoms with Crippen molar-refractivity contribution in [1.82, 2.24) is 0 Å². The van der Waals surface area contributed by atoms with Gasteiger partial charge in [-0.05, 0) is 24.6 Å². The Bertz CT molecular complexity index is 330. The molecule has 0 radical (unpaired) electrons. The van der Waals surface area contributed by atoms with Crippen LogP contribution >= 0.6 is 12.6 Å². The van der Waals surface area contributed by atoms with Crippen LogP contribution in [-0.4, -0.2) is 0 Å². The molecular weight excluding hydrogens is 216 g/mol. The van der Waals surface area contributed by atoms with Crippen LogP contribution in [0.25, 0.3) is 0 Å². The molecule has 1 aromatic carbocycles. The Morgan fingerprint density at radius 3 is 2.29 bits per heavy atom. The molecule has 0 bridgehead atoms. The van der Waals surface area contributed by atoms with Crippen molar-refractivity contribution in [2.24, 2.45) is 0 Å². The van der Waals surface area contributed by atoms with Crippen molar-refractivity contribution in [2.75, 3.05) is 0 Å². The fourth-order valence-electron chi connectivity index (χ4n) is 1.02. The van der Waals surface area contributed by atoms with Crippen LogP contribution in [0.5, 0.6) is 0 Å². The van der Waals surface area contributed by atoms with E-state index in [9.17, 15) is 17.6 Å². The van der Waals surface area contributed by atoms with Gasteiger partial charge in [-0.15, -0.1) is 0 Å². The fraction of sp³-hybridized carbons (Fsp3) is 0.333. The summed E-state index contributed by atoms with van der Waals surface area (Å²) in [6.45, 7) is 1.62. The molecule has 5 heteroatoms. The van der Waals surface area contributed by atoms with Gasteiger partial charge in [0.15, 0.2) is 0 Å². The van der Waals surface area contributed by atoms with Gasteiger partial charge in [0.25, 0.3) is 0 Å². The number of hydrogen-bond acceptors (Lipinski definition) is 1. The van der Waals surface area contributed by atoms with E-state index in [-0.39, 0.29) is 5.25 Å². The highest BCUT2D eigenvalue weighted by Crippen LogP contribution is 2.33. The Labute approximate surface area is 84.3 Å². The lowest BCUT2D eigenvalue weighted by Crippen LogP contribution is -2.08. The number of halogens is 4. The first-order valence-corrected chi connectivity index (χ1v) is 4.38. The van der Waals surface area contributed by atoms with Crippen LogP contribution in [0.1, 0.15) is 23.3 Å². The van der Waals surface area contributed by atoms with Crippen molar-refractivity contribution in [1.29, 1.82) is 0 Å². The summed E-state index contributed by atoms with van der Waals surface area (Å²) in [5.74, 6) is -1.25. The van der Waals surface area contributed by atoms with Gasteiger partial charge in [0.2, 0.25) is 0 Å². The Morgan fingerprint density at radius 2 is 1.86 bits per heavy atom. The second-order valence-electron chi connectivity index (χ2n) is 2.91. The van der Waals surface area contributed by atoms with E-state index in [0.717, 1.165) is 12.1 Å². The van der Waals surface area contributed by atoms with Crippen LogP contribution in [-0.2, 0) is 6.18 Å². The zero-order chi connectivity index (χ0) is 10.9. The van der Waals surface area contributed by atoms with Gasteiger partial charge in [0, 0.05) is 5.25 Å². The van der Waals surface area contributed by atoms with Crippen molar-refractivity contribution < 1.29 is 17.6 Å². The molecule has 0 heterocycles. The highest BCUT2D eigenvalue weighted by atomic mass is 32.1. The third kappa shape index (κ3) is 2.41. The highest BCUT2D eigenvalue weighted by molar-refractivity contribution is 7.80. The van der Waals surface area contributed by atoms with E-state index in [1.807, 2.05) is 0 Å². The molecule has 0 N–H and O–H groups in total. The molecule has 1 unspecified atom stereocenters. The summed E-state index contributed by atoms with van der Waals surface area (Å²) in [6.07, 6.45) is -4.65. The van der Waals surface area contributed by atoms with E-state index in [1.54, 1.807) is 6.92 Å². The van der Waals surface area contributed by atoms with Crippen LogP contribution in [0.2, 0.25) is 0 Å². The van der Waals surface area contributed by atoms with Gasteiger partial charge < -0.3 is 0 Å². The third-order valence-corrected chi connectivity index (χ3v) is 2.08. The maximum absolute atomic E-state index is 12.8. The summed E-state index contributed by atoms with van der Waals surface area (Å²) in [7, 11) is 0. The van der Waals surface area contributed by atoms with E-state index in [4.69, 9.17) is 0 Å². The van der Waals surface area contributed by atoms with Gasteiger partial charge in [-0.2, -0.15) is 25.8 Å². The average Bonchev–Trinajstić information content (AvgIpc) is 2.02. The molecule has 0 fully saturated rings. The molecule has 0 saturated heterocycles. The Hall–Kier alpha value is -0.710. The standard InChI is InChI=1S/C9H8F4S/c1-5(14)6-2-3-8(10)7(4-6)9(11,12)13/h2-5,14H,1H3. The Kier molecular flexibility index (Phi) is 3.09. The Balaban J connectivity index is 3.22. The fourth-order valence-corrected chi connectivity index (χ4v) is 1.18. The first-order chi connectivity index (χ1) is 6.32. The molecular formula is C9H8F4S. The predicted octanol–water partition coefficient (Wildman–Crippen LogP) is 3.84. The second-order valence-corrected chi connectivity index (χ2v) is 3.69. The molecule has 0 spiro atoms. The van der Waals surface area contributed by atoms with Crippen LogP contribution < -0.4 is 0 Å². The van der Waals surface area contributed by atoms with E-state index in [1.165, 1.54) is 6.07 Å². The van der Waals surface area contributed by atoms with Crippen LogP contribution in [0, 0.1) is 5.82 Å². The predicted molar refractivity (Wildman–Crippen MR) is 48.8 cm³/mol. The van der Waals surface area contributed by atoms with Gasteiger partial charge in [-0.3, -0.25) is 0 Å². The molecule has 1 rings (SSSR count). The number of thiol groups is 1. The average molecular weight is 224 g/mol. The minimum atomic E-state index is -4.65. The topological polar surface area (TPSA) is 0 Å². The first kappa shape index (κ1) is 11.4. The molecule has 0 aliphatic carbocycles. The van der Waals surface area contributed by atoms with Crippen LogP contribution in [0.3, 0.4) is 0 Å². The maximum atomic E-state index is 12.8. The Morgan fingerprint density at radius 1 is 1.29 bits per heavy atom. The van der Waals surface area contributed by atoms with Crippen molar-refractivity contribution in [3.8, 4) is 0 Å². The lowest BCUT2D eigenvalue weighted by Gasteiger charge is -2.11. The van der Waals surface area contributed by atoms with E-state index >= 15 is 0 Å². The quantitative estimate of drug-likeness (QED) is 0.544. The monoisotopic (exact) mass is 224 g/mol. The van der Waals surface area contributed by atoms with Gasteiger partial charge in [0.1, 0.15) is 5.82 Å². The maximum Gasteiger partial charge on any atom is 0.419 e. The van der Waals surface area contributed by atoms with Crippen LogP contribution in [0.15, 0.2) is 18.2 Å². The normalized spacial score (nSPS) is 14.1. The van der Waals surface area contributed by atoms with Crippen molar-refractivity contribution in [3.63, 3.8) is 0 Å². The van der Waals surface area contributed by atoms with Crippen molar-refractivity contribution in [2.45, 2.75) is 18.3 Å². The minimum absolute atomic E-state index is 0.349. The summed E-state index contributed by atoms with van der Waals surface area (Å²) in [5, 5.41) is -0.350. The zero-order valence-corrected chi connectivity index (χ0v) is 8.16. The SMILES string of the molecule is CC(S)c1ccc(F)c(C(F)(F)F)c1. The summed E-state index contributed by atoms with van der Waals surface area (Å²) in [5.41, 5.74) is -0.891. The molecule has 78 valence electrons. The molecule has 1 atom stereocenters. The molecule has 0 amide bonds.